The molecule has 1 unspecified atom stereocenters. The number of carboxylic acids is 1. The van der Waals surface area contributed by atoms with Gasteiger partial charge in [0.1, 0.15) is 12.4 Å². The minimum absolute atomic E-state index is 0. The van der Waals surface area contributed by atoms with Crippen molar-refractivity contribution in [2.24, 2.45) is 0 Å². The number of likely N-dealkylation sites (N-methyl/N-ethyl adjacent to an activating group) is 1. The zero-order valence-electron chi connectivity index (χ0n) is 13.6. The molecule has 0 aliphatic carbocycles. The Morgan fingerprint density at radius 1 is 1.43 bits per heavy atom. The molecule has 7 nitrogen and oxygen atoms in total. The van der Waals surface area contributed by atoms with Gasteiger partial charge in [-0.1, -0.05) is 0 Å². The van der Waals surface area contributed by atoms with Gasteiger partial charge in [-0.25, -0.2) is 4.98 Å². The Labute approximate surface area is 142 Å². The van der Waals surface area contributed by atoms with Crippen LogP contribution in [0.25, 0.3) is 0 Å². The number of carbonyl (C=O) groups is 2. The number of likely N-dealkylation sites (tertiary alicyclic amines) is 1. The highest BCUT2D eigenvalue weighted by atomic mass is 35.5. The Hall–Kier alpha value is -1.60. The summed E-state index contributed by atoms with van der Waals surface area (Å²) < 4.78 is 1.58. The molecule has 130 valence electrons. The zero-order chi connectivity index (χ0) is 16.1. The predicted octanol–water partition coefficient (Wildman–Crippen LogP) is 0.875. The summed E-state index contributed by atoms with van der Waals surface area (Å²) in [7, 11) is 4.09. The lowest BCUT2D eigenvalue weighted by atomic mass is 10.0. The number of hydrogen-bond donors (Lipinski definition) is 1. The summed E-state index contributed by atoms with van der Waals surface area (Å²) in [6.07, 6.45) is 6.21. The van der Waals surface area contributed by atoms with Crippen molar-refractivity contribution in [1.82, 2.24) is 19.4 Å². The maximum atomic E-state index is 12.3. The van der Waals surface area contributed by atoms with Crippen molar-refractivity contribution in [3.05, 3.63) is 18.2 Å². The van der Waals surface area contributed by atoms with Crippen LogP contribution in [0.2, 0.25) is 0 Å². The van der Waals surface area contributed by atoms with Crippen molar-refractivity contribution in [3.63, 3.8) is 0 Å². The molecule has 0 aromatic carbocycles. The zero-order valence-corrected chi connectivity index (χ0v) is 14.5. The van der Waals surface area contributed by atoms with Crippen LogP contribution in [0.4, 0.5) is 0 Å². The number of piperidine rings is 1. The fourth-order valence-electron chi connectivity index (χ4n) is 2.84. The van der Waals surface area contributed by atoms with Gasteiger partial charge < -0.3 is 19.5 Å². The molecule has 1 fully saturated rings. The van der Waals surface area contributed by atoms with Gasteiger partial charge in [-0.3, -0.25) is 9.59 Å². The largest absolute Gasteiger partial charge is 0.480 e. The molecule has 1 amide bonds. The van der Waals surface area contributed by atoms with Crippen LogP contribution in [0, 0.1) is 0 Å². The van der Waals surface area contributed by atoms with Crippen molar-refractivity contribution in [2.45, 2.75) is 38.3 Å². The average molecular weight is 345 g/mol. The molecule has 1 atom stereocenters. The van der Waals surface area contributed by atoms with Crippen LogP contribution in [0.3, 0.4) is 0 Å². The van der Waals surface area contributed by atoms with Crippen molar-refractivity contribution >= 4 is 24.3 Å². The first-order valence-electron chi connectivity index (χ1n) is 7.63. The van der Waals surface area contributed by atoms with Crippen molar-refractivity contribution < 1.29 is 14.7 Å². The number of carboxylic acid groups (broad SMARTS) is 1. The number of carbonyl (C=O) groups excluding carboxylic acids is 1. The van der Waals surface area contributed by atoms with Crippen LogP contribution < -0.4 is 0 Å². The third kappa shape index (κ3) is 5.51. The minimum atomic E-state index is -0.907. The molecule has 2 heterocycles. The summed E-state index contributed by atoms with van der Waals surface area (Å²) in [5, 5.41) is 8.84. The van der Waals surface area contributed by atoms with Gasteiger partial charge >= 0.3 is 5.97 Å². The van der Waals surface area contributed by atoms with Crippen molar-refractivity contribution in [2.75, 3.05) is 27.2 Å². The molecule has 0 bridgehead atoms. The van der Waals surface area contributed by atoms with E-state index in [-0.39, 0.29) is 24.9 Å². The molecule has 1 saturated heterocycles. The lowest BCUT2D eigenvalue weighted by Crippen LogP contribution is -2.47. The number of aromatic nitrogens is 2. The number of amides is 1. The van der Waals surface area contributed by atoms with E-state index >= 15 is 0 Å². The number of aryl methyl sites for hydroxylation is 1. The minimum Gasteiger partial charge on any atom is -0.480 e. The lowest BCUT2D eigenvalue weighted by molar-refractivity contribution is -0.137. The molecule has 23 heavy (non-hydrogen) atoms. The van der Waals surface area contributed by atoms with Crippen molar-refractivity contribution in [3.8, 4) is 0 Å². The summed E-state index contributed by atoms with van der Waals surface area (Å²) in [5.41, 5.74) is 0. The standard InChI is InChI=1S/C15H24N4O3.ClH/c1-17(2)12-4-3-8-19(10-12)14(20)6-5-13-16-7-9-18(13)11-15(21)22;/h7,9,12H,3-6,8,10-11H2,1-2H3,(H,21,22);1H. The third-order valence-corrected chi connectivity index (χ3v) is 4.15. The van der Waals surface area contributed by atoms with E-state index in [1.165, 1.54) is 0 Å². The summed E-state index contributed by atoms with van der Waals surface area (Å²) in [6.45, 7) is 1.47. The fraction of sp³-hybridized carbons (Fsp3) is 0.667. The number of aliphatic carboxylic acids is 1. The summed E-state index contributed by atoms with van der Waals surface area (Å²) in [6, 6.07) is 0.423. The normalized spacial score (nSPS) is 17.9. The highest BCUT2D eigenvalue weighted by Gasteiger charge is 2.24. The molecule has 1 N–H and O–H groups in total. The first-order chi connectivity index (χ1) is 10.5. The molecule has 0 radical (unpaired) electrons. The van der Waals surface area contributed by atoms with Gasteiger partial charge in [0.15, 0.2) is 0 Å². The van der Waals surface area contributed by atoms with Gasteiger partial charge in [0.05, 0.1) is 0 Å². The molecular formula is C15H25ClN4O3. The van der Waals surface area contributed by atoms with Crippen LogP contribution in [0.5, 0.6) is 0 Å². The van der Waals surface area contributed by atoms with E-state index in [9.17, 15) is 9.59 Å². The Morgan fingerprint density at radius 2 is 2.17 bits per heavy atom. The molecular weight excluding hydrogens is 320 g/mol. The first kappa shape index (κ1) is 19.4. The Morgan fingerprint density at radius 3 is 2.83 bits per heavy atom. The molecule has 0 spiro atoms. The number of imidazole rings is 1. The van der Waals surface area contributed by atoms with Gasteiger partial charge in [-0.2, -0.15) is 0 Å². The quantitative estimate of drug-likeness (QED) is 0.828. The van der Waals surface area contributed by atoms with E-state index in [0.29, 0.717) is 24.7 Å². The lowest BCUT2D eigenvalue weighted by Gasteiger charge is -2.36. The van der Waals surface area contributed by atoms with E-state index in [1.807, 2.05) is 19.0 Å². The molecule has 1 aliphatic rings. The van der Waals surface area contributed by atoms with Gasteiger partial charge in [0.2, 0.25) is 5.91 Å². The van der Waals surface area contributed by atoms with Crippen LogP contribution in [0.1, 0.15) is 25.1 Å². The van der Waals surface area contributed by atoms with E-state index in [1.54, 1.807) is 17.0 Å². The highest BCUT2D eigenvalue weighted by Crippen LogP contribution is 2.15. The number of rotatable bonds is 6. The average Bonchev–Trinajstić information content (AvgIpc) is 2.91. The predicted molar refractivity (Wildman–Crippen MR) is 88.7 cm³/mol. The number of nitrogens with zero attached hydrogens (tertiary/aromatic N) is 4. The van der Waals surface area contributed by atoms with Gasteiger partial charge in [0.25, 0.3) is 0 Å². The topological polar surface area (TPSA) is 78.7 Å². The van der Waals surface area contributed by atoms with E-state index in [4.69, 9.17) is 5.11 Å². The van der Waals surface area contributed by atoms with Gasteiger partial charge in [0, 0.05) is 44.4 Å². The maximum absolute atomic E-state index is 12.3. The molecule has 1 aliphatic heterocycles. The molecule has 2 rings (SSSR count). The molecule has 1 aromatic heterocycles. The third-order valence-electron chi connectivity index (χ3n) is 4.15. The summed E-state index contributed by atoms with van der Waals surface area (Å²) >= 11 is 0. The van der Waals surface area contributed by atoms with E-state index in [2.05, 4.69) is 9.88 Å². The Balaban J connectivity index is 0.00000264. The maximum Gasteiger partial charge on any atom is 0.323 e. The van der Waals surface area contributed by atoms with Gasteiger partial charge in [-0.15, -0.1) is 12.4 Å². The van der Waals surface area contributed by atoms with Crippen LogP contribution in [-0.2, 0) is 22.6 Å². The van der Waals surface area contributed by atoms with Crippen LogP contribution in [0.15, 0.2) is 12.4 Å². The second-order valence-corrected chi connectivity index (χ2v) is 5.96. The van der Waals surface area contributed by atoms with Crippen molar-refractivity contribution in [1.29, 1.82) is 0 Å². The molecule has 0 saturated carbocycles. The smallest absolute Gasteiger partial charge is 0.323 e. The number of halogens is 1. The highest BCUT2D eigenvalue weighted by molar-refractivity contribution is 5.85. The van der Waals surface area contributed by atoms with Crippen LogP contribution in [-0.4, -0.2) is 69.6 Å². The second-order valence-electron chi connectivity index (χ2n) is 5.96. The summed E-state index contributed by atoms with van der Waals surface area (Å²) in [5.74, 6) is -0.135. The van der Waals surface area contributed by atoms with Gasteiger partial charge in [-0.05, 0) is 26.9 Å². The van der Waals surface area contributed by atoms with E-state index in [0.717, 1.165) is 25.9 Å². The fourth-order valence-corrected chi connectivity index (χ4v) is 2.84. The first-order valence-corrected chi connectivity index (χ1v) is 7.63. The monoisotopic (exact) mass is 344 g/mol. The van der Waals surface area contributed by atoms with E-state index < -0.39 is 5.97 Å². The second kappa shape index (κ2) is 8.88. The summed E-state index contributed by atoms with van der Waals surface area (Å²) in [4.78, 5) is 31.4. The Bertz CT molecular complexity index is 533. The SMILES string of the molecule is CN(C)C1CCCN(C(=O)CCc2nccn2CC(=O)O)C1.Cl. The van der Waals surface area contributed by atoms with Crippen LogP contribution >= 0.6 is 12.4 Å². The molecule has 1 aromatic rings. The number of hydrogen-bond acceptors (Lipinski definition) is 4. The molecule has 8 heteroatoms. The Kier molecular flexibility index (Phi) is 7.51.